The quantitative estimate of drug-likeness (QED) is 0.409. The van der Waals surface area contributed by atoms with Crippen molar-refractivity contribution in [3.63, 3.8) is 0 Å². The number of benzene rings is 1. The molecule has 0 aliphatic carbocycles. The van der Waals surface area contributed by atoms with Gasteiger partial charge in [-0.1, -0.05) is 17.7 Å². The second kappa shape index (κ2) is 9.01. The molecule has 0 amide bonds. The molecule has 0 saturated heterocycles. The summed E-state index contributed by atoms with van der Waals surface area (Å²) in [6.07, 6.45) is 3.62. The number of nitrogens with one attached hydrogen (secondary N) is 1. The number of halogens is 1. The standard InChI is InChI=1S/C23H25ClN6O/c1-14-5-23(25)28-15(2)20(14)10-26-8-18-12-30(29-22(18)13-31)11-16-3-4-21-17(6-16)7-19(24)9-27-21/h3-7,9,12,26,31H,8,10-11,13H2,1-2H3,(H2,25,28). The van der Waals surface area contributed by atoms with Crippen LogP contribution in [0.1, 0.15) is 33.6 Å². The normalized spacial score (nSPS) is 11.4. The van der Waals surface area contributed by atoms with E-state index < -0.39 is 0 Å². The molecule has 0 bridgehead atoms. The first kappa shape index (κ1) is 21.2. The monoisotopic (exact) mass is 436 g/mol. The van der Waals surface area contributed by atoms with Crippen LogP contribution < -0.4 is 11.1 Å². The molecule has 0 unspecified atom stereocenters. The van der Waals surface area contributed by atoms with Crippen LogP contribution in [-0.2, 0) is 26.2 Å². The predicted octanol–water partition coefficient (Wildman–Crippen LogP) is 3.51. The summed E-state index contributed by atoms with van der Waals surface area (Å²) in [5.74, 6) is 0.536. The molecule has 31 heavy (non-hydrogen) atoms. The van der Waals surface area contributed by atoms with E-state index in [9.17, 15) is 5.11 Å². The average Bonchev–Trinajstić information content (AvgIpc) is 3.11. The maximum Gasteiger partial charge on any atom is 0.123 e. The van der Waals surface area contributed by atoms with Gasteiger partial charge in [0.05, 0.1) is 29.4 Å². The first-order chi connectivity index (χ1) is 14.9. The number of hydrogen-bond acceptors (Lipinski definition) is 6. The highest BCUT2D eigenvalue weighted by molar-refractivity contribution is 6.31. The molecule has 3 aromatic heterocycles. The molecule has 4 aromatic rings. The first-order valence-corrected chi connectivity index (χ1v) is 10.4. The fraction of sp³-hybridized carbons (Fsp3) is 0.261. The summed E-state index contributed by atoms with van der Waals surface area (Å²) < 4.78 is 1.85. The Morgan fingerprint density at radius 2 is 2.00 bits per heavy atom. The number of pyridine rings is 2. The number of aryl methyl sites for hydroxylation is 2. The van der Waals surface area contributed by atoms with Crippen molar-refractivity contribution in [2.24, 2.45) is 0 Å². The van der Waals surface area contributed by atoms with E-state index in [1.54, 1.807) is 6.20 Å². The molecule has 4 N–H and O–H groups in total. The van der Waals surface area contributed by atoms with Crippen molar-refractivity contribution in [1.29, 1.82) is 0 Å². The minimum atomic E-state index is -0.108. The number of nitrogens with two attached hydrogens (primary N) is 1. The van der Waals surface area contributed by atoms with Gasteiger partial charge in [0.2, 0.25) is 0 Å². The Balaban J connectivity index is 1.47. The summed E-state index contributed by atoms with van der Waals surface area (Å²) in [4.78, 5) is 8.67. The third kappa shape index (κ3) is 4.85. The van der Waals surface area contributed by atoms with Gasteiger partial charge in [0.1, 0.15) is 5.82 Å². The summed E-state index contributed by atoms with van der Waals surface area (Å²) in [5, 5.41) is 19.3. The minimum Gasteiger partial charge on any atom is -0.390 e. The maximum absolute atomic E-state index is 9.75. The van der Waals surface area contributed by atoms with Crippen LogP contribution in [0.25, 0.3) is 10.9 Å². The first-order valence-electron chi connectivity index (χ1n) is 10.1. The van der Waals surface area contributed by atoms with Crippen molar-refractivity contribution < 1.29 is 5.11 Å². The Morgan fingerprint density at radius 3 is 2.77 bits per heavy atom. The van der Waals surface area contributed by atoms with E-state index >= 15 is 0 Å². The van der Waals surface area contributed by atoms with E-state index in [0.29, 0.717) is 36.2 Å². The second-order valence-electron chi connectivity index (χ2n) is 7.67. The third-order valence-corrected chi connectivity index (χ3v) is 5.53. The van der Waals surface area contributed by atoms with Gasteiger partial charge in [-0.05, 0) is 54.8 Å². The molecule has 4 rings (SSSR count). The van der Waals surface area contributed by atoms with Gasteiger partial charge in [0, 0.05) is 42.1 Å². The number of aliphatic hydroxyl groups is 1. The van der Waals surface area contributed by atoms with Crippen LogP contribution in [0.3, 0.4) is 0 Å². The van der Waals surface area contributed by atoms with Crippen molar-refractivity contribution >= 4 is 28.3 Å². The van der Waals surface area contributed by atoms with Crippen LogP contribution in [0.4, 0.5) is 5.82 Å². The molecule has 1 aromatic carbocycles. The highest BCUT2D eigenvalue weighted by atomic mass is 35.5. The van der Waals surface area contributed by atoms with Gasteiger partial charge < -0.3 is 16.2 Å². The highest BCUT2D eigenvalue weighted by Gasteiger charge is 2.11. The predicted molar refractivity (Wildman–Crippen MR) is 123 cm³/mol. The molecule has 0 aliphatic heterocycles. The Bertz CT molecular complexity index is 1210. The summed E-state index contributed by atoms with van der Waals surface area (Å²) in [6, 6.07) is 9.85. The molecule has 0 saturated carbocycles. The van der Waals surface area contributed by atoms with E-state index in [1.807, 2.05) is 49.0 Å². The molecular formula is C23H25ClN6O. The van der Waals surface area contributed by atoms with Gasteiger partial charge in [-0.3, -0.25) is 9.67 Å². The van der Waals surface area contributed by atoms with Gasteiger partial charge in [0.15, 0.2) is 0 Å². The maximum atomic E-state index is 9.75. The van der Waals surface area contributed by atoms with Crippen molar-refractivity contribution in [3.05, 3.63) is 81.4 Å². The molecule has 0 fully saturated rings. The number of rotatable bonds is 7. The topological polar surface area (TPSA) is 102 Å². The number of nitrogen functional groups attached to an aromatic ring is 1. The molecule has 0 atom stereocenters. The zero-order valence-electron chi connectivity index (χ0n) is 17.6. The van der Waals surface area contributed by atoms with Gasteiger partial charge in [0.25, 0.3) is 0 Å². The van der Waals surface area contributed by atoms with Gasteiger partial charge in [-0.2, -0.15) is 5.10 Å². The Labute approximate surface area is 185 Å². The summed E-state index contributed by atoms with van der Waals surface area (Å²) in [6.45, 7) is 5.74. The van der Waals surface area contributed by atoms with Crippen molar-refractivity contribution in [2.45, 2.75) is 40.1 Å². The fourth-order valence-electron chi connectivity index (χ4n) is 3.78. The van der Waals surface area contributed by atoms with Crippen LogP contribution >= 0.6 is 11.6 Å². The molecule has 0 spiro atoms. The van der Waals surface area contributed by atoms with E-state index in [0.717, 1.165) is 38.9 Å². The van der Waals surface area contributed by atoms with Gasteiger partial charge in [-0.15, -0.1) is 0 Å². The highest BCUT2D eigenvalue weighted by Crippen LogP contribution is 2.19. The van der Waals surface area contributed by atoms with Crippen LogP contribution in [0.5, 0.6) is 0 Å². The smallest absolute Gasteiger partial charge is 0.123 e. The molecule has 7 nitrogen and oxygen atoms in total. The molecule has 8 heteroatoms. The SMILES string of the molecule is Cc1cc(N)nc(C)c1CNCc1cn(Cc2ccc3ncc(Cl)cc3c2)nc1CO. The van der Waals surface area contributed by atoms with Crippen LogP contribution in [0.15, 0.2) is 42.7 Å². The summed E-state index contributed by atoms with van der Waals surface area (Å²) >= 11 is 6.07. The molecular weight excluding hydrogens is 412 g/mol. The molecule has 3 heterocycles. The molecule has 160 valence electrons. The number of nitrogens with zero attached hydrogens (tertiary/aromatic N) is 4. The minimum absolute atomic E-state index is 0.108. The number of anilines is 1. The lowest BCUT2D eigenvalue weighted by atomic mass is 10.1. The van der Waals surface area contributed by atoms with E-state index in [4.69, 9.17) is 17.3 Å². The zero-order chi connectivity index (χ0) is 22.0. The summed E-state index contributed by atoms with van der Waals surface area (Å²) in [7, 11) is 0. The average molecular weight is 437 g/mol. The van der Waals surface area contributed by atoms with Gasteiger partial charge in [-0.25, -0.2) is 4.98 Å². The fourth-order valence-corrected chi connectivity index (χ4v) is 3.95. The summed E-state index contributed by atoms with van der Waals surface area (Å²) in [5.41, 5.74) is 12.6. The van der Waals surface area contributed by atoms with Crippen LogP contribution in [0.2, 0.25) is 5.02 Å². The van der Waals surface area contributed by atoms with Crippen molar-refractivity contribution in [1.82, 2.24) is 25.1 Å². The van der Waals surface area contributed by atoms with E-state index in [-0.39, 0.29) is 6.61 Å². The Morgan fingerprint density at radius 1 is 1.16 bits per heavy atom. The number of hydrogen-bond donors (Lipinski definition) is 3. The molecule has 0 radical (unpaired) electrons. The molecule has 0 aliphatic rings. The second-order valence-corrected chi connectivity index (χ2v) is 8.11. The van der Waals surface area contributed by atoms with E-state index in [2.05, 4.69) is 26.4 Å². The van der Waals surface area contributed by atoms with Crippen molar-refractivity contribution in [2.75, 3.05) is 5.73 Å². The largest absolute Gasteiger partial charge is 0.390 e. The number of aliphatic hydroxyl groups excluding tert-OH is 1. The lowest BCUT2D eigenvalue weighted by molar-refractivity contribution is 0.274. The Kier molecular flexibility index (Phi) is 6.18. The lowest BCUT2D eigenvalue weighted by Gasteiger charge is -2.11. The van der Waals surface area contributed by atoms with Crippen LogP contribution in [0, 0.1) is 13.8 Å². The van der Waals surface area contributed by atoms with Crippen molar-refractivity contribution in [3.8, 4) is 0 Å². The third-order valence-electron chi connectivity index (χ3n) is 5.32. The van der Waals surface area contributed by atoms with Crippen LogP contribution in [-0.4, -0.2) is 24.9 Å². The van der Waals surface area contributed by atoms with E-state index in [1.165, 1.54) is 0 Å². The number of aromatic nitrogens is 4. The Hall–Kier alpha value is -3.00. The lowest BCUT2D eigenvalue weighted by Crippen LogP contribution is -2.16. The number of fused-ring (bicyclic) bond motifs is 1. The van der Waals surface area contributed by atoms with Gasteiger partial charge >= 0.3 is 0 Å². The zero-order valence-corrected chi connectivity index (χ0v) is 18.3.